The van der Waals surface area contributed by atoms with Crippen molar-refractivity contribution in [2.45, 2.75) is 6.92 Å². The summed E-state index contributed by atoms with van der Waals surface area (Å²) in [7, 11) is 0. The predicted molar refractivity (Wildman–Crippen MR) is 75.1 cm³/mol. The lowest BCUT2D eigenvalue weighted by molar-refractivity contribution is -0.385. The smallest absolute Gasteiger partial charge is 0.312 e. The number of hydrogen-bond acceptors (Lipinski definition) is 5. The molecule has 0 aliphatic carbocycles. The van der Waals surface area contributed by atoms with E-state index in [4.69, 9.17) is 4.74 Å². The average molecular weight is 337 g/mol. The van der Waals surface area contributed by atoms with Gasteiger partial charge in [0.25, 0.3) is 0 Å². The van der Waals surface area contributed by atoms with Crippen LogP contribution in [0, 0.1) is 10.1 Å². The molecule has 1 aromatic heterocycles. The summed E-state index contributed by atoms with van der Waals surface area (Å²) in [4.78, 5) is 25.8. The fourth-order valence-corrected chi connectivity index (χ4v) is 1.91. The molecule has 2 rings (SSSR count). The Morgan fingerprint density at radius 2 is 2.15 bits per heavy atom. The van der Waals surface area contributed by atoms with Gasteiger partial charge in [-0.05, 0) is 31.2 Å². The number of carbonyl (C=O) groups excluding carboxylic acids is 1. The lowest BCUT2D eigenvalue weighted by atomic mass is 10.2. The fourth-order valence-electron chi connectivity index (χ4n) is 1.56. The molecule has 0 N–H and O–H groups in total. The first-order chi connectivity index (χ1) is 9.49. The first kappa shape index (κ1) is 14.1. The van der Waals surface area contributed by atoms with Crippen molar-refractivity contribution < 1.29 is 14.5 Å². The SMILES string of the molecule is CC(=O)c1cccnc1Oc1ccc(Br)cc1[N+](=O)[O-]. The van der Waals surface area contributed by atoms with Crippen molar-refractivity contribution in [1.82, 2.24) is 4.98 Å². The second-order valence-electron chi connectivity index (χ2n) is 3.88. The van der Waals surface area contributed by atoms with Gasteiger partial charge in [0.15, 0.2) is 5.78 Å². The van der Waals surface area contributed by atoms with Crippen molar-refractivity contribution in [3.8, 4) is 11.6 Å². The number of carbonyl (C=O) groups is 1. The number of benzene rings is 1. The standard InChI is InChI=1S/C13H9BrN2O4/c1-8(17)10-3-2-6-15-13(10)20-12-5-4-9(14)7-11(12)16(18)19/h2-7H,1H3. The van der Waals surface area contributed by atoms with Gasteiger partial charge in [0.05, 0.1) is 10.5 Å². The number of nitro groups is 1. The van der Waals surface area contributed by atoms with E-state index in [0.29, 0.717) is 4.47 Å². The fraction of sp³-hybridized carbons (Fsp3) is 0.0769. The second-order valence-corrected chi connectivity index (χ2v) is 4.80. The maximum absolute atomic E-state index is 11.5. The Balaban J connectivity index is 2.45. The monoisotopic (exact) mass is 336 g/mol. The van der Waals surface area contributed by atoms with Gasteiger partial charge in [0.1, 0.15) is 0 Å². The highest BCUT2D eigenvalue weighted by Crippen LogP contribution is 2.34. The molecule has 0 aliphatic heterocycles. The second kappa shape index (κ2) is 5.79. The van der Waals surface area contributed by atoms with Crippen LogP contribution >= 0.6 is 15.9 Å². The summed E-state index contributed by atoms with van der Waals surface area (Å²) in [6, 6.07) is 7.53. The number of halogens is 1. The van der Waals surface area contributed by atoms with Crippen LogP contribution in [0.4, 0.5) is 5.69 Å². The Hall–Kier alpha value is -2.28. The summed E-state index contributed by atoms with van der Waals surface area (Å²) >= 11 is 3.16. The Morgan fingerprint density at radius 3 is 2.80 bits per heavy atom. The van der Waals surface area contributed by atoms with Crippen LogP contribution in [-0.4, -0.2) is 15.7 Å². The molecular weight excluding hydrogens is 328 g/mol. The van der Waals surface area contributed by atoms with Crippen molar-refractivity contribution in [1.29, 1.82) is 0 Å². The molecule has 0 bridgehead atoms. The molecule has 0 aliphatic rings. The number of pyridine rings is 1. The molecule has 1 aromatic carbocycles. The van der Waals surface area contributed by atoms with Crippen LogP contribution in [0.3, 0.4) is 0 Å². The van der Waals surface area contributed by atoms with Crippen molar-refractivity contribution in [2.75, 3.05) is 0 Å². The van der Waals surface area contributed by atoms with Gasteiger partial charge in [0.2, 0.25) is 11.6 Å². The van der Waals surface area contributed by atoms with E-state index in [1.807, 2.05) is 0 Å². The van der Waals surface area contributed by atoms with Crippen molar-refractivity contribution in [3.05, 3.63) is 56.7 Å². The van der Waals surface area contributed by atoms with Gasteiger partial charge in [-0.15, -0.1) is 0 Å². The number of nitro benzene ring substituents is 1. The van der Waals surface area contributed by atoms with E-state index in [0.717, 1.165) is 0 Å². The van der Waals surface area contributed by atoms with Crippen LogP contribution in [0.25, 0.3) is 0 Å². The summed E-state index contributed by atoms with van der Waals surface area (Å²) in [6.45, 7) is 1.37. The van der Waals surface area contributed by atoms with E-state index in [1.54, 1.807) is 18.2 Å². The minimum Gasteiger partial charge on any atom is -0.431 e. The third kappa shape index (κ3) is 3.00. The molecule has 0 amide bonds. The van der Waals surface area contributed by atoms with E-state index < -0.39 is 4.92 Å². The molecule has 7 heteroatoms. The Labute approximate surface area is 122 Å². The van der Waals surface area contributed by atoms with Gasteiger partial charge in [-0.25, -0.2) is 4.98 Å². The van der Waals surface area contributed by atoms with Crippen LogP contribution in [0.5, 0.6) is 11.6 Å². The number of ether oxygens (including phenoxy) is 1. The van der Waals surface area contributed by atoms with Crippen LogP contribution in [-0.2, 0) is 0 Å². The largest absolute Gasteiger partial charge is 0.431 e. The summed E-state index contributed by atoms with van der Waals surface area (Å²) in [6.07, 6.45) is 1.45. The molecule has 1 heterocycles. The number of ketones is 1. The summed E-state index contributed by atoms with van der Waals surface area (Å²) in [5.74, 6) is -0.155. The van der Waals surface area contributed by atoms with E-state index in [9.17, 15) is 14.9 Å². The third-order valence-electron chi connectivity index (χ3n) is 2.47. The van der Waals surface area contributed by atoms with Gasteiger partial charge < -0.3 is 4.74 Å². The maximum atomic E-state index is 11.5. The number of nitrogens with zero attached hydrogens (tertiary/aromatic N) is 2. The van der Waals surface area contributed by atoms with E-state index in [-0.39, 0.29) is 28.7 Å². The molecule has 20 heavy (non-hydrogen) atoms. The van der Waals surface area contributed by atoms with Gasteiger partial charge in [-0.1, -0.05) is 15.9 Å². The van der Waals surface area contributed by atoms with Crippen LogP contribution in [0.1, 0.15) is 17.3 Å². The quantitative estimate of drug-likeness (QED) is 0.482. The van der Waals surface area contributed by atoms with Crippen molar-refractivity contribution in [2.24, 2.45) is 0 Å². The van der Waals surface area contributed by atoms with Crippen LogP contribution in [0.2, 0.25) is 0 Å². The van der Waals surface area contributed by atoms with Gasteiger partial charge in [0, 0.05) is 16.7 Å². The minimum atomic E-state index is -0.559. The van der Waals surface area contributed by atoms with Crippen LogP contribution in [0.15, 0.2) is 41.0 Å². The number of rotatable bonds is 4. The molecule has 0 spiro atoms. The van der Waals surface area contributed by atoms with E-state index in [1.165, 1.54) is 25.3 Å². The molecular formula is C13H9BrN2O4. The van der Waals surface area contributed by atoms with Gasteiger partial charge >= 0.3 is 5.69 Å². The predicted octanol–water partition coefficient (Wildman–Crippen LogP) is 3.75. The first-order valence-corrected chi connectivity index (χ1v) is 6.36. The Morgan fingerprint density at radius 1 is 1.40 bits per heavy atom. The highest BCUT2D eigenvalue weighted by Gasteiger charge is 2.19. The zero-order chi connectivity index (χ0) is 14.7. The molecule has 0 saturated carbocycles. The first-order valence-electron chi connectivity index (χ1n) is 5.57. The summed E-state index contributed by atoms with van der Waals surface area (Å²) < 4.78 is 5.98. The molecule has 0 atom stereocenters. The minimum absolute atomic E-state index is 0.0272. The van der Waals surface area contributed by atoms with Crippen LogP contribution < -0.4 is 4.74 Å². The number of aromatic nitrogens is 1. The lowest BCUT2D eigenvalue weighted by Gasteiger charge is -2.08. The molecule has 102 valence electrons. The Bertz CT molecular complexity index is 688. The van der Waals surface area contributed by atoms with E-state index in [2.05, 4.69) is 20.9 Å². The van der Waals surface area contributed by atoms with Gasteiger partial charge in [-0.3, -0.25) is 14.9 Å². The number of Topliss-reactive ketones (excluding diaryl/α,β-unsaturated/α-hetero) is 1. The summed E-state index contributed by atoms with van der Waals surface area (Å²) in [5, 5.41) is 11.0. The van der Waals surface area contributed by atoms with Crippen molar-refractivity contribution >= 4 is 27.4 Å². The molecule has 2 aromatic rings. The Kier molecular flexibility index (Phi) is 4.09. The summed E-state index contributed by atoms with van der Waals surface area (Å²) in [5.41, 5.74) is 0.0595. The van der Waals surface area contributed by atoms with E-state index >= 15 is 0 Å². The zero-order valence-corrected chi connectivity index (χ0v) is 12.0. The molecule has 0 saturated heterocycles. The lowest BCUT2D eigenvalue weighted by Crippen LogP contribution is -2.00. The maximum Gasteiger partial charge on any atom is 0.312 e. The topological polar surface area (TPSA) is 82.3 Å². The van der Waals surface area contributed by atoms with Crippen molar-refractivity contribution in [3.63, 3.8) is 0 Å². The molecule has 0 fully saturated rings. The molecule has 6 nitrogen and oxygen atoms in total. The molecule has 0 radical (unpaired) electrons. The third-order valence-corrected chi connectivity index (χ3v) is 2.97. The van der Waals surface area contributed by atoms with Gasteiger partial charge in [-0.2, -0.15) is 0 Å². The normalized spacial score (nSPS) is 10.1. The number of hydrogen-bond donors (Lipinski definition) is 0. The highest BCUT2D eigenvalue weighted by atomic mass is 79.9. The highest BCUT2D eigenvalue weighted by molar-refractivity contribution is 9.10. The zero-order valence-electron chi connectivity index (χ0n) is 10.4. The molecule has 0 unspecified atom stereocenters. The average Bonchev–Trinajstić information content (AvgIpc) is 2.41.